The van der Waals surface area contributed by atoms with Crippen molar-refractivity contribution < 1.29 is 17.6 Å². The number of nitrogens with one attached hydrogen (secondary N) is 1. The summed E-state index contributed by atoms with van der Waals surface area (Å²) >= 11 is 7.58. The van der Waals surface area contributed by atoms with Gasteiger partial charge in [0.05, 0.1) is 10.8 Å². The van der Waals surface area contributed by atoms with Gasteiger partial charge >= 0.3 is 0 Å². The summed E-state index contributed by atoms with van der Waals surface area (Å²) in [5.41, 5.74) is 1.17. The number of benzene rings is 2. The Kier molecular flexibility index (Phi) is 8.16. The minimum atomic E-state index is -3.73. The smallest absolute Gasteiger partial charge is 0.243 e. The van der Waals surface area contributed by atoms with E-state index in [4.69, 9.17) is 11.6 Å². The highest BCUT2D eigenvalue weighted by Gasteiger charge is 2.33. The molecule has 1 aliphatic rings. The van der Waals surface area contributed by atoms with Gasteiger partial charge in [-0.2, -0.15) is 16.1 Å². The number of carbonyl (C=O) groups is 1. The second-order valence-corrected chi connectivity index (χ2v) is 10.6. The lowest BCUT2D eigenvalue weighted by Gasteiger charge is -2.31. The molecule has 30 heavy (non-hydrogen) atoms. The largest absolute Gasteiger partial charge is 0.355 e. The van der Waals surface area contributed by atoms with Crippen molar-refractivity contribution >= 4 is 39.3 Å². The topological polar surface area (TPSA) is 66.5 Å². The zero-order valence-corrected chi connectivity index (χ0v) is 18.8. The normalized spacial score (nSPS) is 17.6. The van der Waals surface area contributed by atoms with Gasteiger partial charge in [0.15, 0.2) is 0 Å². The molecule has 9 heteroatoms. The molecular weight excluding hydrogens is 447 g/mol. The van der Waals surface area contributed by atoms with Crippen LogP contribution in [-0.4, -0.2) is 44.0 Å². The molecule has 3 rings (SSSR count). The van der Waals surface area contributed by atoms with Gasteiger partial charge in [-0.15, -0.1) is 0 Å². The van der Waals surface area contributed by atoms with Crippen molar-refractivity contribution in [1.82, 2.24) is 9.62 Å². The van der Waals surface area contributed by atoms with Crippen molar-refractivity contribution in [3.8, 4) is 0 Å². The maximum atomic E-state index is 13.1. The Balaban J connectivity index is 1.45. The first-order valence-corrected chi connectivity index (χ1v) is 12.7. The molecular formula is C21H24ClFN2O3S2. The van der Waals surface area contributed by atoms with E-state index in [-0.39, 0.29) is 23.3 Å². The second kappa shape index (κ2) is 10.6. The van der Waals surface area contributed by atoms with Gasteiger partial charge in [0, 0.05) is 36.2 Å². The minimum Gasteiger partial charge on any atom is -0.355 e. The Morgan fingerprint density at radius 2 is 1.87 bits per heavy atom. The fraction of sp³-hybridized carbons (Fsp3) is 0.381. The number of hydrogen-bond donors (Lipinski definition) is 1. The van der Waals surface area contributed by atoms with Gasteiger partial charge in [0.2, 0.25) is 15.9 Å². The van der Waals surface area contributed by atoms with Crippen molar-refractivity contribution in [2.24, 2.45) is 5.92 Å². The predicted molar refractivity (Wildman–Crippen MR) is 119 cm³/mol. The third-order valence-corrected chi connectivity index (χ3v) is 8.10. The molecule has 1 amide bonds. The summed E-state index contributed by atoms with van der Waals surface area (Å²) in [7, 11) is -3.73. The van der Waals surface area contributed by atoms with Gasteiger partial charge in [-0.25, -0.2) is 12.8 Å². The number of piperidine rings is 1. The first-order valence-electron chi connectivity index (χ1n) is 9.72. The molecule has 0 saturated carbocycles. The van der Waals surface area contributed by atoms with Gasteiger partial charge in [0.25, 0.3) is 0 Å². The number of amides is 1. The molecule has 5 nitrogen and oxygen atoms in total. The molecule has 0 unspecified atom stereocenters. The maximum absolute atomic E-state index is 13.1. The molecule has 1 atom stereocenters. The van der Waals surface area contributed by atoms with E-state index in [1.807, 2.05) is 24.3 Å². The van der Waals surface area contributed by atoms with Crippen LogP contribution in [0.2, 0.25) is 5.02 Å². The third-order valence-electron chi connectivity index (χ3n) is 4.93. The zero-order chi connectivity index (χ0) is 21.6. The monoisotopic (exact) mass is 470 g/mol. The zero-order valence-electron chi connectivity index (χ0n) is 16.4. The molecule has 1 aliphatic heterocycles. The number of halogens is 2. The van der Waals surface area contributed by atoms with E-state index in [9.17, 15) is 17.6 Å². The van der Waals surface area contributed by atoms with Crippen LogP contribution < -0.4 is 5.32 Å². The molecule has 0 aliphatic carbocycles. The summed E-state index contributed by atoms with van der Waals surface area (Å²) in [6.45, 7) is 1.03. The maximum Gasteiger partial charge on any atom is 0.243 e. The quantitative estimate of drug-likeness (QED) is 0.593. The van der Waals surface area contributed by atoms with Crippen molar-refractivity contribution in [2.75, 3.05) is 25.4 Å². The van der Waals surface area contributed by atoms with Gasteiger partial charge in [-0.3, -0.25) is 4.79 Å². The van der Waals surface area contributed by atoms with E-state index < -0.39 is 15.8 Å². The lowest BCUT2D eigenvalue weighted by molar-refractivity contribution is -0.125. The third kappa shape index (κ3) is 6.20. The highest BCUT2D eigenvalue weighted by Crippen LogP contribution is 2.24. The number of rotatable bonds is 8. The standard InChI is InChI=1S/C21H24ClFN2O3S2/c22-18-5-3-16(4-6-18)15-29-13-11-24-21(26)17-2-1-12-25(14-17)30(27,28)20-9-7-19(23)8-10-20/h3-10,17H,1-2,11-15H2,(H,24,26)/t17-/m0/s1. The Morgan fingerprint density at radius 3 is 2.57 bits per heavy atom. The molecule has 1 heterocycles. The fourth-order valence-corrected chi connectivity index (χ4v) is 5.76. The molecule has 0 aromatic heterocycles. The van der Waals surface area contributed by atoms with Crippen LogP contribution in [0.25, 0.3) is 0 Å². The van der Waals surface area contributed by atoms with Crippen LogP contribution >= 0.6 is 23.4 Å². The molecule has 2 aromatic carbocycles. The predicted octanol–water partition coefficient (Wildman–Crippen LogP) is 3.93. The molecule has 0 spiro atoms. The fourth-order valence-electron chi connectivity index (χ4n) is 3.29. The molecule has 1 fully saturated rings. The number of carbonyl (C=O) groups excluding carboxylic acids is 1. The van der Waals surface area contributed by atoms with Crippen molar-refractivity contribution in [1.29, 1.82) is 0 Å². The molecule has 0 radical (unpaired) electrons. The number of thioether (sulfide) groups is 1. The molecule has 162 valence electrons. The van der Waals surface area contributed by atoms with Crippen LogP contribution in [-0.2, 0) is 20.6 Å². The van der Waals surface area contributed by atoms with Gasteiger partial charge in [0.1, 0.15) is 5.82 Å². The van der Waals surface area contributed by atoms with Crippen LogP contribution in [0.5, 0.6) is 0 Å². The highest BCUT2D eigenvalue weighted by molar-refractivity contribution is 7.98. The Bertz CT molecular complexity index is 953. The van der Waals surface area contributed by atoms with E-state index in [1.54, 1.807) is 11.8 Å². The first kappa shape index (κ1) is 23.1. The first-order chi connectivity index (χ1) is 14.4. The summed E-state index contributed by atoms with van der Waals surface area (Å²) in [6.07, 6.45) is 1.27. The van der Waals surface area contributed by atoms with Gasteiger partial charge in [-0.1, -0.05) is 23.7 Å². The molecule has 1 N–H and O–H groups in total. The summed E-state index contributed by atoms with van der Waals surface area (Å²) < 4.78 is 40.0. The summed E-state index contributed by atoms with van der Waals surface area (Å²) in [5, 5.41) is 3.62. The number of sulfonamides is 1. The van der Waals surface area contributed by atoms with Crippen molar-refractivity contribution in [3.63, 3.8) is 0 Å². The van der Waals surface area contributed by atoms with Crippen molar-refractivity contribution in [3.05, 3.63) is 64.9 Å². The minimum absolute atomic E-state index is 0.0450. The van der Waals surface area contributed by atoms with Crippen LogP contribution in [0, 0.1) is 11.7 Å². The summed E-state index contributed by atoms with van der Waals surface area (Å²) in [5.74, 6) is 0.605. The van der Waals surface area contributed by atoms with Crippen LogP contribution in [0.15, 0.2) is 53.4 Å². The van der Waals surface area contributed by atoms with Crippen molar-refractivity contribution in [2.45, 2.75) is 23.5 Å². The van der Waals surface area contributed by atoms with Gasteiger partial charge < -0.3 is 5.32 Å². The van der Waals surface area contributed by atoms with Crippen LogP contribution in [0.1, 0.15) is 18.4 Å². The Morgan fingerprint density at radius 1 is 1.17 bits per heavy atom. The van der Waals surface area contributed by atoms with E-state index >= 15 is 0 Å². The lowest BCUT2D eigenvalue weighted by Crippen LogP contribution is -2.45. The van der Waals surface area contributed by atoms with Crippen LogP contribution in [0.3, 0.4) is 0 Å². The van der Waals surface area contributed by atoms with E-state index in [0.29, 0.717) is 31.0 Å². The van der Waals surface area contributed by atoms with E-state index in [1.165, 1.54) is 22.0 Å². The van der Waals surface area contributed by atoms with E-state index in [2.05, 4.69) is 5.32 Å². The Labute approximate surface area is 186 Å². The van der Waals surface area contributed by atoms with Gasteiger partial charge in [-0.05, 0) is 54.8 Å². The average Bonchev–Trinajstić information content (AvgIpc) is 2.75. The lowest BCUT2D eigenvalue weighted by atomic mass is 9.99. The highest BCUT2D eigenvalue weighted by atomic mass is 35.5. The summed E-state index contributed by atoms with van der Waals surface area (Å²) in [6, 6.07) is 12.4. The summed E-state index contributed by atoms with van der Waals surface area (Å²) in [4.78, 5) is 12.6. The molecule has 0 bridgehead atoms. The average molecular weight is 471 g/mol. The van der Waals surface area contributed by atoms with E-state index in [0.717, 1.165) is 23.6 Å². The molecule has 1 saturated heterocycles. The SMILES string of the molecule is O=C(NCCSCc1ccc(Cl)cc1)[C@H]1CCCN(S(=O)(=O)c2ccc(F)cc2)C1. The Hall–Kier alpha value is -1.61. The number of hydrogen-bond acceptors (Lipinski definition) is 4. The van der Waals surface area contributed by atoms with Crippen LogP contribution in [0.4, 0.5) is 4.39 Å². The second-order valence-electron chi connectivity index (χ2n) is 7.13. The number of nitrogens with zero attached hydrogens (tertiary/aromatic N) is 1. The molecule has 2 aromatic rings.